The zero-order valence-corrected chi connectivity index (χ0v) is 12.2. The van der Waals surface area contributed by atoms with Gasteiger partial charge in [-0.05, 0) is 19.4 Å². The summed E-state index contributed by atoms with van der Waals surface area (Å²) in [6.45, 7) is 5.07. The lowest BCUT2D eigenvalue weighted by atomic mass is 10.2. The van der Waals surface area contributed by atoms with Crippen molar-refractivity contribution in [2.75, 3.05) is 18.4 Å². The van der Waals surface area contributed by atoms with Gasteiger partial charge in [-0.15, -0.1) is 0 Å². The van der Waals surface area contributed by atoms with Gasteiger partial charge in [-0.1, -0.05) is 12.1 Å². The monoisotopic (exact) mass is 289 g/mol. The maximum atomic E-state index is 12.2. The van der Waals surface area contributed by atoms with Crippen molar-refractivity contribution in [3.8, 4) is 0 Å². The third-order valence-corrected chi connectivity index (χ3v) is 2.83. The Balaban J connectivity index is 1.90. The second kappa shape index (κ2) is 7.37. The van der Waals surface area contributed by atoms with E-state index in [2.05, 4.69) is 32.7 Å². The molecule has 2 aromatic rings. The van der Waals surface area contributed by atoms with Crippen LogP contribution in [-0.4, -0.2) is 34.1 Å². The summed E-state index contributed by atoms with van der Waals surface area (Å²) in [5.74, 6) is 0.941. The average molecular weight is 289 g/mol. The third-order valence-electron chi connectivity index (χ3n) is 2.83. The predicted octanol–water partition coefficient (Wildman–Crippen LogP) is 1.57. The van der Waals surface area contributed by atoms with E-state index in [4.69, 9.17) is 4.52 Å². The smallest absolute Gasteiger partial charge is 0.254 e. The lowest BCUT2D eigenvalue weighted by molar-refractivity contribution is 0.0954. The molecule has 0 radical (unpaired) electrons. The molecule has 0 unspecified atom stereocenters. The number of hydrogen-bond donors (Lipinski definition) is 2. The molecule has 2 aromatic heterocycles. The molecule has 0 fully saturated rings. The van der Waals surface area contributed by atoms with Crippen LogP contribution in [0.3, 0.4) is 0 Å². The Labute approximate surface area is 123 Å². The fourth-order valence-electron chi connectivity index (χ4n) is 1.81. The molecule has 0 saturated heterocycles. The zero-order chi connectivity index (χ0) is 15.1. The van der Waals surface area contributed by atoms with Crippen LogP contribution in [0.4, 0.5) is 5.69 Å². The van der Waals surface area contributed by atoms with E-state index in [1.54, 1.807) is 25.4 Å². The third kappa shape index (κ3) is 4.27. The van der Waals surface area contributed by atoms with Gasteiger partial charge in [0.1, 0.15) is 0 Å². The summed E-state index contributed by atoms with van der Waals surface area (Å²) in [5.41, 5.74) is 1.32. The Bertz CT molecular complexity index is 597. The first-order valence-electron chi connectivity index (χ1n) is 6.96. The standard InChI is InChI=1S/C14H19N5O2/c1-3-6-16-12-4-7-15-9-11(12)14(20)17-8-5-13-18-10(2)19-21-13/h4,7,9H,3,5-6,8H2,1-2H3,(H,15,16)(H,17,20). The molecule has 0 spiro atoms. The van der Waals surface area contributed by atoms with Crippen LogP contribution in [0.5, 0.6) is 0 Å². The van der Waals surface area contributed by atoms with Crippen LogP contribution in [0.15, 0.2) is 23.0 Å². The molecule has 21 heavy (non-hydrogen) atoms. The number of carbonyl (C=O) groups excluding carboxylic acids is 1. The Hall–Kier alpha value is -2.44. The van der Waals surface area contributed by atoms with Crippen LogP contribution >= 0.6 is 0 Å². The minimum absolute atomic E-state index is 0.169. The predicted molar refractivity (Wildman–Crippen MR) is 78.1 cm³/mol. The van der Waals surface area contributed by atoms with Gasteiger partial charge in [0.25, 0.3) is 5.91 Å². The Morgan fingerprint density at radius 1 is 1.38 bits per heavy atom. The SMILES string of the molecule is CCCNc1ccncc1C(=O)NCCc1nc(C)no1. The number of aromatic nitrogens is 3. The molecule has 0 aliphatic rings. The molecule has 0 bridgehead atoms. The number of amides is 1. The quantitative estimate of drug-likeness (QED) is 0.803. The molecule has 1 amide bonds. The fourth-order valence-corrected chi connectivity index (χ4v) is 1.81. The highest BCUT2D eigenvalue weighted by Crippen LogP contribution is 2.13. The van der Waals surface area contributed by atoms with Crippen LogP contribution < -0.4 is 10.6 Å². The Morgan fingerprint density at radius 2 is 2.24 bits per heavy atom. The maximum absolute atomic E-state index is 12.2. The van der Waals surface area contributed by atoms with Crippen molar-refractivity contribution in [1.29, 1.82) is 0 Å². The lowest BCUT2D eigenvalue weighted by Crippen LogP contribution is -2.27. The molecule has 2 rings (SSSR count). The van der Waals surface area contributed by atoms with Gasteiger partial charge in [0, 0.05) is 31.9 Å². The van der Waals surface area contributed by atoms with E-state index in [-0.39, 0.29) is 5.91 Å². The van der Waals surface area contributed by atoms with Crippen LogP contribution in [-0.2, 0) is 6.42 Å². The zero-order valence-electron chi connectivity index (χ0n) is 12.2. The molecule has 7 nitrogen and oxygen atoms in total. The Morgan fingerprint density at radius 3 is 2.95 bits per heavy atom. The van der Waals surface area contributed by atoms with Gasteiger partial charge in [0.15, 0.2) is 5.82 Å². The van der Waals surface area contributed by atoms with E-state index < -0.39 is 0 Å². The number of nitrogens with one attached hydrogen (secondary N) is 2. The highest BCUT2D eigenvalue weighted by molar-refractivity contribution is 5.99. The number of pyridine rings is 1. The topological polar surface area (TPSA) is 92.9 Å². The van der Waals surface area contributed by atoms with Crippen LogP contribution in [0.2, 0.25) is 0 Å². The van der Waals surface area contributed by atoms with Crippen LogP contribution in [0.1, 0.15) is 35.4 Å². The maximum Gasteiger partial charge on any atom is 0.254 e. The van der Waals surface area contributed by atoms with Crippen molar-refractivity contribution in [2.24, 2.45) is 0 Å². The first kappa shape index (κ1) is 15.0. The van der Waals surface area contributed by atoms with Gasteiger partial charge in [-0.25, -0.2) is 0 Å². The van der Waals surface area contributed by atoms with Crippen LogP contribution in [0.25, 0.3) is 0 Å². The number of rotatable bonds is 7. The summed E-state index contributed by atoms with van der Waals surface area (Å²) in [6.07, 6.45) is 4.71. The first-order chi connectivity index (χ1) is 10.2. The minimum atomic E-state index is -0.169. The van der Waals surface area contributed by atoms with Gasteiger partial charge in [0.05, 0.1) is 11.3 Å². The number of nitrogens with zero attached hydrogens (tertiary/aromatic N) is 3. The number of aryl methyl sites for hydroxylation is 1. The van der Waals surface area contributed by atoms with Crippen molar-refractivity contribution in [2.45, 2.75) is 26.7 Å². The number of hydrogen-bond acceptors (Lipinski definition) is 6. The second-order valence-electron chi connectivity index (χ2n) is 4.59. The van der Waals surface area contributed by atoms with Gasteiger partial charge in [-0.2, -0.15) is 4.98 Å². The first-order valence-corrected chi connectivity index (χ1v) is 6.96. The van der Waals surface area contributed by atoms with E-state index in [9.17, 15) is 4.79 Å². The van der Waals surface area contributed by atoms with Crippen molar-refractivity contribution in [3.63, 3.8) is 0 Å². The van der Waals surface area contributed by atoms with E-state index in [0.29, 0.717) is 30.2 Å². The van der Waals surface area contributed by atoms with Gasteiger partial charge in [-0.3, -0.25) is 9.78 Å². The minimum Gasteiger partial charge on any atom is -0.384 e. The van der Waals surface area contributed by atoms with Gasteiger partial charge >= 0.3 is 0 Å². The van der Waals surface area contributed by atoms with Gasteiger partial charge < -0.3 is 15.2 Å². The summed E-state index contributed by atoms with van der Waals surface area (Å²) in [5, 5.41) is 9.74. The highest BCUT2D eigenvalue weighted by Gasteiger charge is 2.11. The molecule has 0 aliphatic heterocycles. The summed E-state index contributed by atoms with van der Waals surface area (Å²) in [6, 6.07) is 1.80. The fraction of sp³-hybridized carbons (Fsp3) is 0.429. The summed E-state index contributed by atoms with van der Waals surface area (Å²) in [4.78, 5) is 20.3. The summed E-state index contributed by atoms with van der Waals surface area (Å²) < 4.78 is 4.99. The van der Waals surface area contributed by atoms with E-state index in [1.165, 1.54) is 0 Å². The van der Waals surface area contributed by atoms with Crippen molar-refractivity contribution < 1.29 is 9.32 Å². The molecule has 2 heterocycles. The average Bonchev–Trinajstić information content (AvgIpc) is 2.91. The van der Waals surface area contributed by atoms with Crippen LogP contribution in [0, 0.1) is 6.92 Å². The highest BCUT2D eigenvalue weighted by atomic mass is 16.5. The normalized spacial score (nSPS) is 10.4. The molecule has 112 valence electrons. The number of anilines is 1. The van der Waals surface area contributed by atoms with E-state index in [0.717, 1.165) is 18.7 Å². The molecule has 7 heteroatoms. The molecule has 0 aliphatic carbocycles. The molecular weight excluding hydrogens is 270 g/mol. The lowest BCUT2D eigenvalue weighted by Gasteiger charge is -2.10. The molecular formula is C14H19N5O2. The molecule has 0 saturated carbocycles. The summed E-state index contributed by atoms with van der Waals surface area (Å²) in [7, 11) is 0. The molecule has 0 atom stereocenters. The Kier molecular flexibility index (Phi) is 5.25. The van der Waals surface area contributed by atoms with Crippen molar-refractivity contribution >= 4 is 11.6 Å². The second-order valence-corrected chi connectivity index (χ2v) is 4.59. The summed E-state index contributed by atoms with van der Waals surface area (Å²) >= 11 is 0. The van der Waals surface area contributed by atoms with Crippen molar-refractivity contribution in [3.05, 3.63) is 35.7 Å². The van der Waals surface area contributed by atoms with E-state index in [1.807, 2.05) is 0 Å². The largest absolute Gasteiger partial charge is 0.384 e. The molecule has 2 N–H and O–H groups in total. The van der Waals surface area contributed by atoms with Gasteiger partial charge in [0.2, 0.25) is 5.89 Å². The van der Waals surface area contributed by atoms with E-state index >= 15 is 0 Å². The number of carbonyl (C=O) groups is 1. The molecule has 0 aromatic carbocycles. The van der Waals surface area contributed by atoms with Crippen molar-refractivity contribution in [1.82, 2.24) is 20.4 Å².